The molecule has 0 aliphatic carbocycles. The fraction of sp³-hybridized carbons (Fsp3) is 0.100. The average Bonchev–Trinajstić information content (AvgIpc) is 2.64. The predicted octanol–water partition coefficient (Wildman–Crippen LogP) is 4.28. The van der Waals surface area contributed by atoms with Crippen molar-refractivity contribution in [2.24, 2.45) is 0 Å². The number of pyridine rings is 1. The third kappa shape index (κ3) is 4.36. The van der Waals surface area contributed by atoms with Crippen LogP contribution in [0.15, 0.2) is 67.0 Å². The van der Waals surface area contributed by atoms with Gasteiger partial charge in [-0.25, -0.2) is 4.39 Å². The molecule has 0 atom stereocenters. The summed E-state index contributed by atoms with van der Waals surface area (Å²) in [5.41, 5.74) is 3.63. The van der Waals surface area contributed by atoms with Gasteiger partial charge in [0.05, 0.1) is 17.4 Å². The molecule has 0 unspecified atom stereocenters. The first-order valence-corrected chi connectivity index (χ1v) is 8.07. The van der Waals surface area contributed by atoms with E-state index in [4.69, 9.17) is 0 Å². The Kier molecular flexibility index (Phi) is 5.12. The van der Waals surface area contributed by atoms with Gasteiger partial charge in [-0.05, 0) is 54.6 Å². The molecule has 0 saturated carbocycles. The lowest BCUT2D eigenvalue weighted by atomic mass is 10.2. The molecule has 26 heavy (non-hydrogen) atoms. The summed E-state index contributed by atoms with van der Waals surface area (Å²) < 4.78 is 12.9. The standard InChI is InChI=1S/C20H19FN4O/c1-25(2)19-9-7-16(8-10-19)23-18-11-14(12-22-13-18)20(26)24-17-5-3-15(21)4-6-17/h3-13,23H,1-2H3,(H,24,26). The van der Waals surface area contributed by atoms with Gasteiger partial charge in [-0.2, -0.15) is 0 Å². The zero-order valence-electron chi connectivity index (χ0n) is 14.5. The molecule has 1 amide bonds. The van der Waals surface area contributed by atoms with Gasteiger partial charge < -0.3 is 15.5 Å². The van der Waals surface area contributed by atoms with Crippen molar-refractivity contribution >= 4 is 28.7 Å². The predicted molar refractivity (Wildman–Crippen MR) is 103 cm³/mol. The zero-order valence-corrected chi connectivity index (χ0v) is 14.5. The summed E-state index contributed by atoms with van der Waals surface area (Å²) >= 11 is 0. The number of aromatic nitrogens is 1. The Balaban J connectivity index is 1.71. The van der Waals surface area contributed by atoms with Crippen molar-refractivity contribution in [3.05, 3.63) is 78.4 Å². The summed E-state index contributed by atoms with van der Waals surface area (Å²) in [4.78, 5) is 18.5. The first-order chi connectivity index (χ1) is 12.5. The summed E-state index contributed by atoms with van der Waals surface area (Å²) in [6, 6.07) is 15.2. The molecule has 6 heteroatoms. The van der Waals surface area contributed by atoms with Crippen molar-refractivity contribution in [3.63, 3.8) is 0 Å². The number of anilines is 4. The van der Waals surface area contributed by atoms with E-state index < -0.39 is 0 Å². The summed E-state index contributed by atoms with van der Waals surface area (Å²) in [7, 11) is 3.96. The van der Waals surface area contributed by atoms with E-state index in [0.717, 1.165) is 11.4 Å². The Morgan fingerprint density at radius 3 is 2.23 bits per heavy atom. The summed E-state index contributed by atoms with van der Waals surface area (Å²) in [6.45, 7) is 0. The summed E-state index contributed by atoms with van der Waals surface area (Å²) in [5.74, 6) is -0.660. The van der Waals surface area contributed by atoms with Gasteiger partial charge in [0.25, 0.3) is 5.91 Å². The van der Waals surface area contributed by atoms with Crippen LogP contribution in [0.1, 0.15) is 10.4 Å². The first kappa shape index (κ1) is 17.4. The van der Waals surface area contributed by atoms with Crippen LogP contribution < -0.4 is 15.5 Å². The molecule has 0 aliphatic heterocycles. The second-order valence-electron chi connectivity index (χ2n) is 5.99. The van der Waals surface area contributed by atoms with Crippen LogP contribution in [-0.2, 0) is 0 Å². The van der Waals surface area contributed by atoms with E-state index in [1.165, 1.54) is 30.5 Å². The highest BCUT2D eigenvalue weighted by atomic mass is 19.1. The van der Waals surface area contributed by atoms with Crippen LogP contribution in [-0.4, -0.2) is 25.0 Å². The maximum atomic E-state index is 12.9. The highest BCUT2D eigenvalue weighted by Gasteiger charge is 2.08. The van der Waals surface area contributed by atoms with Crippen molar-refractivity contribution in [2.45, 2.75) is 0 Å². The van der Waals surface area contributed by atoms with Gasteiger partial charge in [0.2, 0.25) is 0 Å². The summed E-state index contributed by atoms with van der Waals surface area (Å²) in [6.07, 6.45) is 3.13. The Morgan fingerprint density at radius 1 is 0.923 bits per heavy atom. The van der Waals surface area contributed by atoms with E-state index in [1.54, 1.807) is 12.3 Å². The van der Waals surface area contributed by atoms with Gasteiger partial charge in [0.1, 0.15) is 5.82 Å². The quantitative estimate of drug-likeness (QED) is 0.721. The van der Waals surface area contributed by atoms with E-state index in [1.807, 2.05) is 43.3 Å². The molecule has 0 saturated heterocycles. The third-order valence-electron chi connectivity index (χ3n) is 3.77. The van der Waals surface area contributed by atoms with Crippen LogP contribution in [0.3, 0.4) is 0 Å². The van der Waals surface area contributed by atoms with Crippen LogP contribution in [0.25, 0.3) is 0 Å². The minimum atomic E-state index is -0.351. The smallest absolute Gasteiger partial charge is 0.257 e. The monoisotopic (exact) mass is 350 g/mol. The van der Waals surface area contributed by atoms with Gasteiger partial charge in [0.15, 0.2) is 0 Å². The van der Waals surface area contributed by atoms with Gasteiger partial charge in [-0.3, -0.25) is 9.78 Å². The van der Waals surface area contributed by atoms with Crippen molar-refractivity contribution < 1.29 is 9.18 Å². The number of carbonyl (C=O) groups excluding carboxylic acids is 1. The van der Waals surface area contributed by atoms with Crippen LogP contribution in [0.5, 0.6) is 0 Å². The molecule has 0 radical (unpaired) electrons. The normalized spacial score (nSPS) is 10.3. The van der Waals surface area contributed by atoms with Gasteiger partial charge in [0, 0.05) is 37.4 Å². The van der Waals surface area contributed by atoms with Gasteiger partial charge in [-0.15, -0.1) is 0 Å². The molecule has 3 rings (SSSR count). The second-order valence-corrected chi connectivity index (χ2v) is 5.99. The molecule has 0 fully saturated rings. The molecule has 1 heterocycles. The van der Waals surface area contributed by atoms with E-state index in [2.05, 4.69) is 15.6 Å². The van der Waals surface area contributed by atoms with Crippen molar-refractivity contribution in [3.8, 4) is 0 Å². The van der Waals surface area contributed by atoms with Crippen LogP contribution in [0.4, 0.5) is 27.1 Å². The molecule has 3 aromatic rings. The molecule has 5 nitrogen and oxygen atoms in total. The van der Waals surface area contributed by atoms with E-state index >= 15 is 0 Å². The fourth-order valence-corrected chi connectivity index (χ4v) is 2.38. The maximum absolute atomic E-state index is 12.9. The van der Waals surface area contributed by atoms with Crippen molar-refractivity contribution in [1.29, 1.82) is 0 Å². The number of hydrogen-bond donors (Lipinski definition) is 2. The lowest BCUT2D eigenvalue weighted by molar-refractivity contribution is 0.102. The zero-order chi connectivity index (χ0) is 18.5. The highest BCUT2D eigenvalue weighted by molar-refractivity contribution is 6.04. The van der Waals surface area contributed by atoms with Crippen molar-refractivity contribution in [1.82, 2.24) is 4.98 Å². The number of nitrogens with zero attached hydrogens (tertiary/aromatic N) is 2. The second kappa shape index (κ2) is 7.65. The molecule has 132 valence electrons. The lowest BCUT2D eigenvalue weighted by Gasteiger charge is -2.13. The van der Waals surface area contributed by atoms with Crippen LogP contribution in [0, 0.1) is 5.82 Å². The van der Waals surface area contributed by atoms with Gasteiger partial charge >= 0.3 is 0 Å². The van der Waals surface area contributed by atoms with Crippen LogP contribution in [0.2, 0.25) is 0 Å². The molecule has 2 aromatic carbocycles. The fourth-order valence-electron chi connectivity index (χ4n) is 2.38. The number of halogens is 1. The minimum absolute atomic E-state index is 0.310. The Hall–Kier alpha value is -3.41. The number of nitrogens with one attached hydrogen (secondary N) is 2. The Bertz CT molecular complexity index is 892. The lowest BCUT2D eigenvalue weighted by Crippen LogP contribution is -2.12. The Labute approximate surface area is 151 Å². The summed E-state index contributed by atoms with van der Waals surface area (Å²) in [5, 5.41) is 5.94. The molecule has 0 spiro atoms. The number of hydrogen-bond acceptors (Lipinski definition) is 4. The minimum Gasteiger partial charge on any atom is -0.378 e. The number of amides is 1. The van der Waals surface area contributed by atoms with Crippen molar-refractivity contribution in [2.75, 3.05) is 29.6 Å². The highest BCUT2D eigenvalue weighted by Crippen LogP contribution is 2.20. The average molecular weight is 350 g/mol. The molecule has 2 N–H and O–H groups in total. The molecular weight excluding hydrogens is 331 g/mol. The molecular formula is C20H19FN4O. The largest absolute Gasteiger partial charge is 0.378 e. The first-order valence-electron chi connectivity index (χ1n) is 8.07. The molecule has 0 bridgehead atoms. The van der Waals surface area contributed by atoms with E-state index in [-0.39, 0.29) is 11.7 Å². The van der Waals surface area contributed by atoms with E-state index in [9.17, 15) is 9.18 Å². The topological polar surface area (TPSA) is 57.3 Å². The Morgan fingerprint density at radius 2 is 1.58 bits per heavy atom. The molecule has 1 aromatic heterocycles. The van der Waals surface area contributed by atoms with Crippen LogP contribution >= 0.6 is 0 Å². The third-order valence-corrected chi connectivity index (χ3v) is 3.77. The SMILES string of the molecule is CN(C)c1ccc(Nc2cncc(C(=O)Nc3ccc(F)cc3)c2)cc1. The number of rotatable bonds is 5. The van der Waals surface area contributed by atoms with E-state index in [0.29, 0.717) is 16.9 Å². The number of carbonyl (C=O) groups is 1. The van der Waals surface area contributed by atoms with Gasteiger partial charge in [-0.1, -0.05) is 0 Å². The number of benzene rings is 2. The molecule has 0 aliphatic rings. The maximum Gasteiger partial charge on any atom is 0.257 e.